The Morgan fingerprint density at radius 1 is 0.447 bits per heavy atom. The minimum atomic E-state index is 1.21. The maximum atomic E-state index is 3.61. The summed E-state index contributed by atoms with van der Waals surface area (Å²) in [4.78, 5) is 3.06. The summed E-state index contributed by atoms with van der Waals surface area (Å²) < 4.78 is 12.5. The zero-order chi connectivity index (χ0) is 31.6. The Morgan fingerprint density at radius 2 is 0.894 bits per heavy atom. The van der Waals surface area contributed by atoms with Crippen molar-refractivity contribution < 1.29 is 0 Å². The van der Waals surface area contributed by atoms with E-state index in [0.29, 0.717) is 0 Å². The summed E-state index contributed by atoms with van der Waals surface area (Å²) >= 11 is 15.1. The lowest BCUT2D eigenvalue weighted by Crippen LogP contribution is -1.76. The molecular formula is C40H31BrS6. The number of fused-ring (bicyclic) bond motifs is 10. The highest BCUT2D eigenvalue weighted by Gasteiger charge is 2.13. The van der Waals surface area contributed by atoms with Crippen LogP contribution in [-0.2, 0) is 12.8 Å². The summed E-state index contributed by atoms with van der Waals surface area (Å²) in [5.41, 5.74) is 0. The van der Waals surface area contributed by atoms with Gasteiger partial charge in [0.2, 0.25) is 0 Å². The first kappa shape index (κ1) is 30.7. The Labute approximate surface area is 306 Å². The fraction of sp³-hybridized carbons (Fsp3) is 0.200. The molecule has 0 atom stereocenters. The number of aryl methyl sites for hydroxylation is 2. The lowest BCUT2D eigenvalue weighted by molar-refractivity contribution is 0.804. The number of benzene rings is 4. The molecule has 0 aliphatic rings. The van der Waals surface area contributed by atoms with Gasteiger partial charge < -0.3 is 0 Å². The summed E-state index contributed by atoms with van der Waals surface area (Å²) in [7, 11) is 0. The van der Waals surface area contributed by atoms with Crippen molar-refractivity contribution in [3.8, 4) is 0 Å². The predicted octanol–water partition coefficient (Wildman–Crippen LogP) is 16.4. The second kappa shape index (κ2) is 12.5. The third kappa shape index (κ3) is 5.66. The van der Waals surface area contributed by atoms with E-state index in [9.17, 15) is 0 Å². The third-order valence-corrected chi connectivity index (χ3v) is 16.1. The van der Waals surface area contributed by atoms with Crippen LogP contribution in [0, 0.1) is 0 Å². The summed E-state index contributed by atoms with van der Waals surface area (Å²) in [6.07, 6.45) is 7.55. The van der Waals surface area contributed by atoms with Gasteiger partial charge in [0.15, 0.2) is 0 Å². The zero-order valence-electron chi connectivity index (χ0n) is 26.1. The number of halogens is 1. The smallest absolute Gasteiger partial charge is 0.0711 e. The van der Waals surface area contributed by atoms with Gasteiger partial charge in [-0.3, -0.25) is 0 Å². The van der Waals surface area contributed by atoms with Crippen LogP contribution >= 0.6 is 84.0 Å². The van der Waals surface area contributed by atoms with E-state index >= 15 is 0 Å². The number of hydrogen-bond acceptors (Lipinski definition) is 6. The Morgan fingerprint density at radius 3 is 1.40 bits per heavy atom. The van der Waals surface area contributed by atoms with Crippen LogP contribution in [0.15, 0.2) is 82.0 Å². The van der Waals surface area contributed by atoms with E-state index in [1.807, 2.05) is 68.0 Å². The van der Waals surface area contributed by atoms with Gasteiger partial charge >= 0.3 is 0 Å². The standard InChI is InChI=1S/C20H15BrS3.C20H16S3/c1-2-3-4-13-5-11-6-14-15-7-12-8-20(21)24-17(12)10-19(15)23-18(14)9-16(11)22-13;1-2-3-4-14-7-13-9-16-15-8-12-5-6-21-17(12)10-19(15)23-20(16)11-18(13)22-14/h5-10H,2-4H2,1H3;5-11H,2-4H2,1H3. The van der Waals surface area contributed by atoms with Crippen molar-refractivity contribution >= 4 is 165 Å². The molecule has 7 heteroatoms. The van der Waals surface area contributed by atoms with Crippen LogP contribution in [0.1, 0.15) is 49.3 Å². The highest BCUT2D eigenvalue weighted by Crippen LogP contribution is 2.43. The average molecular weight is 784 g/mol. The lowest BCUT2D eigenvalue weighted by Gasteiger charge is -1.94. The third-order valence-electron chi connectivity index (χ3n) is 9.06. The first-order valence-corrected chi connectivity index (χ1v) is 22.0. The molecule has 0 amide bonds. The van der Waals surface area contributed by atoms with Gasteiger partial charge in [0.1, 0.15) is 0 Å². The summed E-state index contributed by atoms with van der Waals surface area (Å²) in [5.74, 6) is 0. The molecule has 0 aliphatic heterocycles. The summed E-state index contributed by atoms with van der Waals surface area (Å²) in [5, 5.41) is 13.4. The normalized spacial score (nSPS) is 12.2. The van der Waals surface area contributed by atoms with Crippen molar-refractivity contribution in [3.05, 3.63) is 91.7 Å². The molecule has 0 aliphatic carbocycles. The van der Waals surface area contributed by atoms with Crippen molar-refractivity contribution in [2.75, 3.05) is 0 Å². The summed E-state index contributed by atoms with van der Waals surface area (Å²) in [6.45, 7) is 4.53. The maximum absolute atomic E-state index is 3.61. The number of hydrogen-bond donors (Lipinski definition) is 0. The van der Waals surface area contributed by atoms with Gasteiger partial charge in [-0.2, -0.15) is 0 Å². The first-order chi connectivity index (χ1) is 23.0. The molecule has 10 aromatic rings. The highest BCUT2D eigenvalue weighted by molar-refractivity contribution is 9.11. The monoisotopic (exact) mass is 782 g/mol. The Hall–Kier alpha value is -2.36. The van der Waals surface area contributed by atoms with Gasteiger partial charge in [0, 0.05) is 68.9 Å². The zero-order valence-corrected chi connectivity index (χ0v) is 32.6. The van der Waals surface area contributed by atoms with Crippen molar-refractivity contribution in [1.82, 2.24) is 0 Å². The summed E-state index contributed by atoms with van der Waals surface area (Å²) in [6, 6.07) is 28.3. The van der Waals surface area contributed by atoms with E-state index in [0.717, 1.165) is 0 Å². The highest BCUT2D eigenvalue weighted by atomic mass is 79.9. The van der Waals surface area contributed by atoms with E-state index in [1.165, 1.54) is 133 Å². The predicted molar refractivity (Wildman–Crippen MR) is 225 cm³/mol. The Bertz CT molecular complexity index is 2740. The largest absolute Gasteiger partial charge is 0.144 e. The minimum absolute atomic E-state index is 1.21. The number of thiophene rings is 6. The second-order valence-electron chi connectivity index (χ2n) is 12.4. The van der Waals surface area contributed by atoms with E-state index in [-0.39, 0.29) is 0 Å². The van der Waals surface area contributed by atoms with Crippen LogP contribution in [0.2, 0.25) is 0 Å². The fourth-order valence-corrected chi connectivity index (χ4v) is 13.9. The van der Waals surface area contributed by atoms with Gasteiger partial charge in [-0.1, -0.05) is 26.7 Å². The van der Waals surface area contributed by atoms with Crippen molar-refractivity contribution in [2.24, 2.45) is 0 Å². The van der Waals surface area contributed by atoms with Crippen LogP contribution in [0.25, 0.3) is 80.7 Å². The van der Waals surface area contributed by atoms with E-state index in [4.69, 9.17) is 0 Å². The molecule has 0 saturated carbocycles. The molecular weight excluding hydrogens is 753 g/mol. The molecule has 0 nitrogen and oxygen atoms in total. The molecule has 6 aromatic heterocycles. The van der Waals surface area contributed by atoms with E-state index in [2.05, 4.69) is 108 Å². The molecule has 0 spiro atoms. The molecule has 0 N–H and O–H groups in total. The molecule has 0 saturated heterocycles. The maximum Gasteiger partial charge on any atom is 0.0711 e. The van der Waals surface area contributed by atoms with Crippen molar-refractivity contribution in [3.63, 3.8) is 0 Å². The average Bonchev–Trinajstić information content (AvgIpc) is 3.91. The lowest BCUT2D eigenvalue weighted by atomic mass is 10.1. The molecule has 0 unspecified atom stereocenters. The molecule has 4 aromatic carbocycles. The quantitative estimate of drug-likeness (QED) is 0.158. The number of rotatable bonds is 6. The molecule has 47 heavy (non-hydrogen) atoms. The van der Waals surface area contributed by atoms with Crippen LogP contribution in [-0.4, -0.2) is 0 Å². The van der Waals surface area contributed by atoms with Crippen LogP contribution in [0.4, 0.5) is 0 Å². The van der Waals surface area contributed by atoms with Crippen molar-refractivity contribution in [2.45, 2.75) is 52.4 Å². The van der Waals surface area contributed by atoms with Crippen LogP contribution in [0.3, 0.4) is 0 Å². The minimum Gasteiger partial charge on any atom is -0.144 e. The number of unbranched alkanes of at least 4 members (excludes halogenated alkanes) is 2. The van der Waals surface area contributed by atoms with Gasteiger partial charge in [0.05, 0.1) is 3.79 Å². The molecule has 6 heterocycles. The van der Waals surface area contributed by atoms with Crippen LogP contribution < -0.4 is 0 Å². The molecule has 0 radical (unpaired) electrons. The fourth-order valence-electron chi connectivity index (χ4n) is 6.64. The van der Waals surface area contributed by atoms with Crippen molar-refractivity contribution in [1.29, 1.82) is 0 Å². The Kier molecular flexibility index (Phi) is 8.17. The molecule has 234 valence electrons. The molecule has 0 fully saturated rings. The Balaban J connectivity index is 0.000000129. The first-order valence-electron chi connectivity index (χ1n) is 16.3. The van der Waals surface area contributed by atoms with Crippen LogP contribution in [0.5, 0.6) is 0 Å². The SMILES string of the molecule is CCCCc1cc2cc3c(cc2s1)sc1cc2sc(Br)cc2cc13.CCCCc1cc2cc3c(cc2s1)sc1cc2sccc2cc13. The van der Waals surface area contributed by atoms with Gasteiger partial charge in [-0.05, 0) is 141 Å². The molecule has 10 rings (SSSR count). The molecule has 0 bridgehead atoms. The second-order valence-corrected chi connectivity index (χ2v) is 20.3. The van der Waals surface area contributed by atoms with E-state index in [1.54, 1.807) is 0 Å². The van der Waals surface area contributed by atoms with Gasteiger partial charge in [-0.25, -0.2) is 0 Å². The van der Waals surface area contributed by atoms with Gasteiger partial charge in [0.25, 0.3) is 0 Å². The van der Waals surface area contributed by atoms with Gasteiger partial charge in [-0.15, -0.1) is 68.0 Å². The topological polar surface area (TPSA) is 0 Å². The van der Waals surface area contributed by atoms with E-state index < -0.39 is 0 Å².